The zero-order valence-corrected chi connectivity index (χ0v) is 18.6. The molecule has 34 heavy (non-hydrogen) atoms. The van der Waals surface area contributed by atoms with Gasteiger partial charge in [0, 0.05) is 45.4 Å². The molecule has 3 aromatic rings. The van der Waals surface area contributed by atoms with Crippen LogP contribution < -0.4 is 25.8 Å². The topological polar surface area (TPSA) is 144 Å². The molecule has 1 unspecified atom stereocenters. The lowest BCUT2D eigenvalue weighted by Crippen LogP contribution is -2.48. The van der Waals surface area contributed by atoms with Crippen molar-refractivity contribution in [3.63, 3.8) is 0 Å². The predicted molar refractivity (Wildman–Crippen MR) is 118 cm³/mol. The van der Waals surface area contributed by atoms with E-state index >= 15 is 0 Å². The van der Waals surface area contributed by atoms with E-state index in [1.54, 1.807) is 11.9 Å². The van der Waals surface area contributed by atoms with Crippen LogP contribution in [0.1, 0.15) is 6.92 Å². The van der Waals surface area contributed by atoms with Gasteiger partial charge in [-0.05, 0) is 6.92 Å². The van der Waals surface area contributed by atoms with Crippen LogP contribution >= 0.6 is 0 Å². The summed E-state index contributed by atoms with van der Waals surface area (Å²) in [5.41, 5.74) is 5.30. The third-order valence-corrected chi connectivity index (χ3v) is 5.30. The Hall–Kier alpha value is -3.81. The molecule has 0 bridgehead atoms. The first-order valence-electron chi connectivity index (χ1n) is 10.6. The number of carbonyl (C=O) groups excluding carboxylic acids is 1. The molecule has 0 saturated carbocycles. The Labute approximate surface area is 192 Å². The number of nitrogens with zero attached hydrogens (tertiary/aromatic N) is 6. The minimum absolute atomic E-state index is 0.0194. The van der Waals surface area contributed by atoms with Crippen LogP contribution in [0.3, 0.4) is 0 Å². The molecule has 182 valence electrons. The van der Waals surface area contributed by atoms with Crippen LogP contribution in [-0.2, 0) is 16.6 Å². The van der Waals surface area contributed by atoms with E-state index in [1.165, 1.54) is 11.6 Å². The van der Waals surface area contributed by atoms with Crippen molar-refractivity contribution in [2.75, 3.05) is 49.2 Å². The molecule has 1 aliphatic heterocycles. The minimum Gasteiger partial charge on any atom is -0.490 e. The molecule has 1 fully saturated rings. The second kappa shape index (κ2) is 9.59. The number of halogens is 2. The zero-order chi connectivity index (χ0) is 24.4. The molecule has 0 radical (unpaired) electrons. The standard InChI is InChI=1S/C20H24F2N8O4/c1-11(23)19(32)34-8-7-33-12-9-13(21)16(14(22)10-12)29-3-5-30(6-4-29)20-24-17-15(18(31)25-20)26-27-28(17)2/h9-11H,3-8,23H2,1-2H3,(H,24,25,31). The molecular formula is C20H24F2N8O4. The lowest BCUT2D eigenvalue weighted by Gasteiger charge is -2.36. The highest BCUT2D eigenvalue weighted by Gasteiger charge is 2.25. The number of rotatable bonds is 7. The molecule has 1 aromatic carbocycles. The number of aromatic amines is 1. The third kappa shape index (κ3) is 4.76. The van der Waals surface area contributed by atoms with Crippen LogP contribution in [0.4, 0.5) is 20.4 Å². The van der Waals surface area contributed by atoms with Gasteiger partial charge in [-0.3, -0.25) is 14.6 Å². The maximum absolute atomic E-state index is 14.7. The number of aryl methyl sites for hydroxylation is 1. The van der Waals surface area contributed by atoms with E-state index < -0.39 is 29.2 Å². The van der Waals surface area contributed by atoms with Crippen molar-refractivity contribution in [2.24, 2.45) is 12.8 Å². The Morgan fingerprint density at radius 1 is 1.18 bits per heavy atom. The first-order valence-corrected chi connectivity index (χ1v) is 10.6. The van der Waals surface area contributed by atoms with E-state index in [0.29, 0.717) is 37.8 Å². The molecule has 14 heteroatoms. The molecule has 12 nitrogen and oxygen atoms in total. The summed E-state index contributed by atoms with van der Waals surface area (Å²) < 4.78 is 41.0. The number of piperazine rings is 1. The maximum atomic E-state index is 14.7. The van der Waals surface area contributed by atoms with Gasteiger partial charge >= 0.3 is 5.97 Å². The average molecular weight is 478 g/mol. The molecule has 1 saturated heterocycles. The van der Waals surface area contributed by atoms with E-state index in [-0.39, 0.29) is 30.2 Å². The van der Waals surface area contributed by atoms with Gasteiger partial charge in [-0.1, -0.05) is 5.21 Å². The quantitative estimate of drug-likeness (QED) is 0.350. The number of hydrogen-bond donors (Lipinski definition) is 2. The number of esters is 1. The number of fused-ring (bicyclic) bond motifs is 1. The molecule has 0 aliphatic carbocycles. The van der Waals surface area contributed by atoms with Crippen LogP contribution in [0.5, 0.6) is 5.75 Å². The number of aromatic nitrogens is 5. The fourth-order valence-electron chi connectivity index (χ4n) is 3.57. The Kier molecular flexibility index (Phi) is 6.58. The summed E-state index contributed by atoms with van der Waals surface area (Å²) in [7, 11) is 1.63. The van der Waals surface area contributed by atoms with Gasteiger partial charge in [-0.15, -0.1) is 5.10 Å². The van der Waals surface area contributed by atoms with Crippen molar-refractivity contribution in [3.05, 3.63) is 34.1 Å². The van der Waals surface area contributed by atoms with Gasteiger partial charge in [-0.2, -0.15) is 4.98 Å². The van der Waals surface area contributed by atoms with Crippen LogP contribution in [0.15, 0.2) is 16.9 Å². The number of anilines is 2. The summed E-state index contributed by atoms with van der Waals surface area (Å²) >= 11 is 0. The second-order valence-electron chi connectivity index (χ2n) is 7.79. The van der Waals surface area contributed by atoms with Crippen molar-refractivity contribution in [1.29, 1.82) is 0 Å². The number of H-pyrrole nitrogens is 1. The fourth-order valence-corrected chi connectivity index (χ4v) is 3.57. The van der Waals surface area contributed by atoms with Gasteiger partial charge in [0.2, 0.25) is 5.95 Å². The Morgan fingerprint density at radius 2 is 1.82 bits per heavy atom. The minimum atomic E-state index is -0.773. The van der Waals surface area contributed by atoms with Crippen molar-refractivity contribution in [1.82, 2.24) is 25.0 Å². The second-order valence-corrected chi connectivity index (χ2v) is 7.79. The molecule has 3 N–H and O–H groups in total. The Balaban J connectivity index is 1.39. The number of nitrogens with two attached hydrogens (primary N) is 1. The molecule has 0 amide bonds. The SMILES string of the molecule is CC(N)C(=O)OCCOc1cc(F)c(N2CCN(c3nc4c(nnn4C)c(=O)[nH]3)CC2)c(F)c1. The molecule has 1 atom stereocenters. The van der Waals surface area contributed by atoms with Crippen LogP contribution in [0, 0.1) is 11.6 Å². The first-order chi connectivity index (χ1) is 16.2. The van der Waals surface area contributed by atoms with Gasteiger partial charge in [0.25, 0.3) is 5.56 Å². The Bertz CT molecular complexity index is 1230. The number of carbonyl (C=O) groups is 1. The molecule has 0 spiro atoms. The summed E-state index contributed by atoms with van der Waals surface area (Å²) in [6.45, 7) is 2.67. The number of ether oxygens (including phenoxy) is 2. The number of hydrogen-bond acceptors (Lipinski definition) is 10. The van der Waals surface area contributed by atoms with E-state index in [1.807, 2.05) is 4.90 Å². The third-order valence-electron chi connectivity index (χ3n) is 5.30. The van der Waals surface area contributed by atoms with Crippen molar-refractivity contribution in [2.45, 2.75) is 13.0 Å². The summed E-state index contributed by atoms with van der Waals surface area (Å²) in [5.74, 6) is -1.81. The van der Waals surface area contributed by atoms with Gasteiger partial charge < -0.3 is 25.0 Å². The van der Waals surface area contributed by atoms with Gasteiger partial charge in [0.15, 0.2) is 22.8 Å². The van der Waals surface area contributed by atoms with Crippen molar-refractivity contribution < 1.29 is 23.0 Å². The van der Waals surface area contributed by atoms with Crippen molar-refractivity contribution >= 4 is 28.8 Å². The Morgan fingerprint density at radius 3 is 2.47 bits per heavy atom. The van der Waals surface area contributed by atoms with E-state index in [9.17, 15) is 18.4 Å². The summed E-state index contributed by atoms with van der Waals surface area (Å²) in [6.07, 6.45) is 0. The lowest BCUT2D eigenvalue weighted by atomic mass is 10.2. The molecule has 4 rings (SSSR count). The summed E-state index contributed by atoms with van der Waals surface area (Å²) in [4.78, 5) is 34.0. The number of benzene rings is 1. The van der Waals surface area contributed by atoms with E-state index in [2.05, 4.69) is 20.3 Å². The molecule has 1 aliphatic rings. The van der Waals surface area contributed by atoms with Crippen LogP contribution in [-0.4, -0.2) is 76.4 Å². The lowest BCUT2D eigenvalue weighted by molar-refractivity contribution is -0.145. The fraction of sp³-hybridized carbons (Fsp3) is 0.450. The molecule has 2 aromatic heterocycles. The highest BCUT2D eigenvalue weighted by molar-refractivity contribution is 5.74. The van der Waals surface area contributed by atoms with E-state index in [0.717, 1.165) is 12.1 Å². The average Bonchev–Trinajstić information content (AvgIpc) is 3.18. The monoisotopic (exact) mass is 478 g/mol. The summed E-state index contributed by atoms with van der Waals surface area (Å²) in [5, 5.41) is 7.58. The van der Waals surface area contributed by atoms with Gasteiger partial charge in [0.1, 0.15) is 30.7 Å². The highest BCUT2D eigenvalue weighted by atomic mass is 19.1. The largest absolute Gasteiger partial charge is 0.490 e. The maximum Gasteiger partial charge on any atom is 0.322 e. The van der Waals surface area contributed by atoms with Crippen LogP contribution in [0.2, 0.25) is 0 Å². The predicted octanol–water partition coefficient (Wildman–Crippen LogP) is -0.0744. The summed E-state index contributed by atoms with van der Waals surface area (Å²) in [6, 6.07) is 1.40. The van der Waals surface area contributed by atoms with E-state index in [4.69, 9.17) is 15.2 Å². The van der Waals surface area contributed by atoms with Crippen molar-refractivity contribution in [3.8, 4) is 5.75 Å². The van der Waals surface area contributed by atoms with Crippen LogP contribution in [0.25, 0.3) is 11.2 Å². The van der Waals surface area contributed by atoms with Gasteiger partial charge in [0.05, 0.1) is 0 Å². The smallest absolute Gasteiger partial charge is 0.322 e. The molecule has 3 heterocycles. The van der Waals surface area contributed by atoms with Gasteiger partial charge in [-0.25, -0.2) is 13.5 Å². The normalized spacial score (nSPS) is 15.0. The zero-order valence-electron chi connectivity index (χ0n) is 18.6. The highest BCUT2D eigenvalue weighted by Crippen LogP contribution is 2.29. The number of nitrogens with one attached hydrogen (secondary N) is 1. The molecular weight excluding hydrogens is 454 g/mol. The first kappa shape index (κ1) is 23.4.